The van der Waals surface area contributed by atoms with Gasteiger partial charge in [0, 0.05) is 5.46 Å². The summed E-state index contributed by atoms with van der Waals surface area (Å²) in [5.74, 6) is 0.608. The molecule has 0 saturated carbocycles. The Kier molecular flexibility index (Phi) is 4.41. The highest BCUT2D eigenvalue weighted by Gasteiger charge is 2.41. The zero-order valence-electron chi connectivity index (χ0n) is 13.9. The van der Waals surface area contributed by atoms with Gasteiger partial charge in [0.15, 0.2) is 0 Å². The summed E-state index contributed by atoms with van der Waals surface area (Å²) in [7, 11) is -1.50. The summed E-state index contributed by atoms with van der Waals surface area (Å²) in [6.07, 6.45) is 3.03. The first-order valence-electron chi connectivity index (χ1n) is 7.87. The first-order chi connectivity index (χ1) is 9.70. The van der Waals surface area contributed by atoms with Gasteiger partial charge in [-0.05, 0) is 47.3 Å². The van der Waals surface area contributed by atoms with Crippen LogP contribution in [0.1, 0.15) is 65.0 Å². The molecule has 0 radical (unpaired) electrons. The van der Waals surface area contributed by atoms with Gasteiger partial charge in [-0.2, -0.15) is 0 Å². The fourth-order valence-corrected chi connectivity index (χ4v) is 3.37. The van der Waals surface area contributed by atoms with Crippen LogP contribution in [0.2, 0.25) is 0 Å². The number of benzene rings is 1. The van der Waals surface area contributed by atoms with Crippen LogP contribution in [-0.2, 0) is 10.8 Å². The van der Waals surface area contributed by atoms with Crippen molar-refractivity contribution in [1.29, 1.82) is 0 Å². The third-order valence-corrected chi connectivity index (χ3v) is 4.71. The van der Waals surface area contributed by atoms with Gasteiger partial charge in [0.1, 0.15) is 5.75 Å². The SMILES string of the molecule is CCCOc1ccc2c(c1B(O)O)C(C)(C)CCC2(C)C. The third kappa shape index (κ3) is 2.97. The van der Waals surface area contributed by atoms with Crippen molar-refractivity contribution >= 4 is 12.6 Å². The second-order valence-corrected chi connectivity index (χ2v) is 7.39. The summed E-state index contributed by atoms with van der Waals surface area (Å²) in [6, 6.07) is 4.00. The topological polar surface area (TPSA) is 49.7 Å². The molecule has 21 heavy (non-hydrogen) atoms. The van der Waals surface area contributed by atoms with Gasteiger partial charge in [-0.1, -0.05) is 40.7 Å². The molecular formula is C17H27BO3. The molecule has 0 atom stereocenters. The predicted molar refractivity (Wildman–Crippen MR) is 87.3 cm³/mol. The van der Waals surface area contributed by atoms with E-state index >= 15 is 0 Å². The van der Waals surface area contributed by atoms with Crippen LogP contribution in [-0.4, -0.2) is 23.8 Å². The van der Waals surface area contributed by atoms with Crippen molar-refractivity contribution in [3.63, 3.8) is 0 Å². The molecule has 0 heterocycles. The smallest absolute Gasteiger partial charge is 0.492 e. The van der Waals surface area contributed by atoms with E-state index in [2.05, 4.69) is 33.8 Å². The minimum Gasteiger partial charge on any atom is -0.494 e. The number of fused-ring (bicyclic) bond motifs is 1. The zero-order valence-corrected chi connectivity index (χ0v) is 13.9. The lowest BCUT2D eigenvalue weighted by molar-refractivity contribution is 0.308. The highest BCUT2D eigenvalue weighted by Crippen LogP contribution is 2.45. The predicted octanol–water partition coefficient (Wildman–Crippen LogP) is 2.50. The Labute approximate surface area is 128 Å². The fraction of sp³-hybridized carbons (Fsp3) is 0.647. The monoisotopic (exact) mass is 290 g/mol. The van der Waals surface area contributed by atoms with Gasteiger partial charge in [0.25, 0.3) is 0 Å². The maximum atomic E-state index is 9.94. The molecule has 0 unspecified atom stereocenters. The van der Waals surface area contributed by atoms with E-state index in [0.717, 1.165) is 24.8 Å². The molecule has 1 aliphatic carbocycles. The molecule has 1 aromatic rings. The second-order valence-electron chi connectivity index (χ2n) is 7.39. The molecule has 2 N–H and O–H groups in total. The van der Waals surface area contributed by atoms with Gasteiger partial charge in [0.05, 0.1) is 6.61 Å². The van der Waals surface area contributed by atoms with Crippen LogP contribution in [0.3, 0.4) is 0 Å². The van der Waals surface area contributed by atoms with Gasteiger partial charge in [-0.25, -0.2) is 0 Å². The number of rotatable bonds is 4. The summed E-state index contributed by atoms with van der Waals surface area (Å²) in [5.41, 5.74) is 2.81. The molecule has 2 rings (SSSR count). The Morgan fingerprint density at radius 3 is 2.29 bits per heavy atom. The molecule has 0 amide bonds. The van der Waals surface area contributed by atoms with Gasteiger partial charge in [0.2, 0.25) is 0 Å². The van der Waals surface area contributed by atoms with Gasteiger partial charge >= 0.3 is 7.12 Å². The molecule has 0 bridgehead atoms. The van der Waals surface area contributed by atoms with Crippen LogP contribution < -0.4 is 10.2 Å². The molecule has 3 nitrogen and oxygen atoms in total. The van der Waals surface area contributed by atoms with Gasteiger partial charge in [-0.3, -0.25) is 0 Å². The van der Waals surface area contributed by atoms with E-state index in [1.54, 1.807) is 0 Å². The largest absolute Gasteiger partial charge is 0.494 e. The highest BCUT2D eigenvalue weighted by atomic mass is 16.5. The molecule has 4 heteroatoms. The molecular weight excluding hydrogens is 263 g/mol. The normalized spacial score (nSPS) is 19.0. The average Bonchev–Trinajstić information content (AvgIpc) is 2.40. The quantitative estimate of drug-likeness (QED) is 0.838. The molecule has 0 aromatic heterocycles. The average molecular weight is 290 g/mol. The first-order valence-corrected chi connectivity index (χ1v) is 7.87. The summed E-state index contributed by atoms with van der Waals surface area (Å²) in [6.45, 7) is 11.4. The first kappa shape index (κ1) is 16.4. The maximum Gasteiger partial charge on any atom is 0.492 e. The number of ether oxygens (including phenoxy) is 1. The number of hydrogen-bond acceptors (Lipinski definition) is 3. The van der Waals surface area contributed by atoms with Crippen molar-refractivity contribution in [3.8, 4) is 5.75 Å². The Bertz CT molecular complexity index is 521. The van der Waals surface area contributed by atoms with Gasteiger partial charge in [-0.15, -0.1) is 0 Å². The van der Waals surface area contributed by atoms with E-state index in [1.807, 2.05) is 13.0 Å². The van der Waals surface area contributed by atoms with Gasteiger partial charge < -0.3 is 14.8 Å². The molecule has 1 aliphatic rings. The van der Waals surface area contributed by atoms with Crippen molar-refractivity contribution in [3.05, 3.63) is 23.3 Å². The van der Waals surface area contributed by atoms with Crippen molar-refractivity contribution in [2.45, 2.75) is 64.7 Å². The van der Waals surface area contributed by atoms with E-state index in [1.165, 1.54) is 5.56 Å². The Hall–Kier alpha value is -0.995. The zero-order chi connectivity index (χ0) is 15.8. The molecule has 1 aromatic carbocycles. The lowest BCUT2D eigenvalue weighted by Gasteiger charge is -2.43. The van der Waals surface area contributed by atoms with E-state index in [4.69, 9.17) is 4.74 Å². The summed E-state index contributed by atoms with van der Waals surface area (Å²) < 4.78 is 5.76. The van der Waals surface area contributed by atoms with Crippen molar-refractivity contribution in [2.75, 3.05) is 6.61 Å². The second kappa shape index (κ2) is 5.66. The maximum absolute atomic E-state index is 9.94. The summed E-state index contributed by atoms with van der Waals surface area (Å²) in [4.78, 5) is 0. The Morgan fingerprint density at radius 2 is 1.71 bits per heavy atom. The summed E-state index contributed by atoms with van der Waals surface area (Å²) >= 11 is 0. The van der Waals surface area contributed by atoms with Crippen LogP contribution >= 0.6 is 0 Å². The minimum absolute atomic E-state index is 0.0534. The van der Waals surface area contributed by atoms with E-state index in [0.29, 0.717) is 17.8 Å². The van der Waals surface area contributed by atoms with Crippen LogP contribution in [0.4, 0.5) is 0 Å². The van der Waals surface area contributed by atoms with E-state index < -0.39 is 7.12 Å². The van der Waals surface area contributed by atoms with Crippen molar-refractivity contribution in [2.24, 2.45) is 0 Å². The molecule has 0 fully saturated rings. The van der Waals surface area contributed by atoms with Crippen LogP contribution in [0.25, 0.3) is 0 Å². The minimum atomic E-state index is -1.50. The molecule has 0 spiro atoms. The van der Waals surface area contributed by atoms with Crippen LogP contribution in [0, 0.1) is 0 Å². The van der Waals surface area contributed by atoms with E-state index in [-0.39, 0.29) is 10.8 Å². The highest BCUT2D eigenvalue weighted by molar-refractivity contribution is 6.60. The Balaban J connectivity index is 2.67. The van der Waals surface area contributed by atoms with Crippen LogP contribution in [0.5, 0.6) is 5.75 Å². The lowest BCUT2D eigenvalue weighted by Crippen LogP contribution is -2.45. The van der Waals surface area contributed by atoms with Crippen LogP contribution in [0.15, 0.2) is 12.1 Å². The molecule has 116 valence electrons. The van der Waals surface area contributed by atoms with Crippen molar-refractivity contribution < 1.29 is 14.8 Å². The summed E-state index contributed by atoms with van der Waals surface area (Å²) in [5, 5.41) is 19.9. The molecule has 0 saturated heterocycles. The molecule has 0 aliphatic heterocycles. The van der Waals surface area contributed by atoms with Crippen molar-refractivity contribution in [1.82, 2.24) is 0 Å². The Morgan fingerprint density at radius 1 is 1.10 bits per heavy atom. The third-order valence-electron chi connectivity index (χ3n) is 4.71. The standard InChI is InChI=1S/C17H27BO3/c1-6-11-21-13-8-7-12-14(15(13)18(19)20)17(4,5)10-9-16(12,2)3/h7-8,19-20H,6,9-11H2,1-5H3. The fourth-order valence-electron chi connectivity index (χ4n) is 3.37. The van der Waals surface area contributed by atoms with E-state index in [9.17, 15) is 10.0 Å². The lowest BCUT2D eigenvalue weighted by atomic mass is 9.58. The number of hydrogen-bond donors (Lipinski definition) is 2.